The lowest BCUT2D eigenvalue weighted by molar-refractivity contribution is -0.129. The molecular weight excluding hydrogens is 332 g/mol. The Kier molecular flexibility index (Phi) is 5.58. The molecule has 0 N–H and O–H groups in total. The molecule has 2 aromatic rings. The largest absolute Gasteiger partial charge is 0.340 e. The summed E-state index contributed by atoms with van der Waals surface area (Å²) in [6.45, 7) is 7.05. The Morgan fingerprint density at radius 2 is 2.12 bits per heavy atom. The fourth-order valence-corrected chi connectivity index (χ4v) is 3.77. The van der Waals surface area contributed by atoms with Crippen LogP contribution in [0.3, 0.4) is 0 Å². The van der Waals surface area contributed by atoms with Crippen LogP contribution in [0, 0.1) is 0 Å². The van der Waals surface area contributed by atoms with E-state index in [1.54, 1.807) is 4.90 Å². The van der Waals surface area contributed by atoms with E-state index in [0.29, 0.717) is 19.0 Å². The van der Waals surface area contributed by atoms with Crippen molar-refractivity contribution in [1.82, 2.24) is 19.7 Å². The molecular formula is C19H24N4OS. The van der Waals surface area contributed by atoms with Gasteiger partial charge in [0, 0.05) is 26.1 Å². The summed E-state index contributed by atoms with van der Waals surface area (Å²) in [5.41, 5.74) is 1.13. The smallest absolute Gasteiger partial charge is 0.235 e. The standard InChI is InChI=1S/C19H24N4OS/c1-4-12-23-17(16-10-11-16)20-21-19(23)25-14(2)18(24)22(3)13-15-8-6-5-7-9-15/h4-9,14,16H,1,10-13H2,2-3H3. The van der Waals surface area contributed by atoms with E-state index in [-0.39, 0.29) is 11.2 Å². The Labute approximate surface area is 153 Å². The molecule has 1 aliphatic rings. The van der Waals surface area contributed by atoms with Crippen LogP contribution in [0.25, 0.3) is 0 Å². The van der Waals surface area contributed by atoms with Crippen LogP contribution in [0.5, 0.6) is 0 Å². The van der Waals surface area contributed by atoms with Crippen LogP contribution in [-0.2, 0) is 17.9 Å². The summed E-state index contributed by atoms with van der Waals surface area (Å²) in [4.78, 5) is 14.5. The molecule has 0 spiro atoms. The number of hydrogen-bond acceptors (Lipinski definition) is 4. The van der Waals surface area contributed by atoms with Crippen LogP contribution < -0.4 is 0 Å². The maximum atomic E-state index is 12.7. The van der Waals surface area contributed by atoms with Crippen molar-refractivity contribution in [2.24, 2.45) is 0 Å². The molecule has 1 aromatic heterocycles. The summed E-state index contributed by atoms with van der Waals surface area (Å²) in [6, 6.07) is 10.0. The summed E-state index contributed by atoms with van der Waals surface area (Å²) >= 11 is 1.47. The Hall–Kier alpha value is -2.08. The lowest BCUT2D eigenvalue weighted by Crippen LogP contribution is -2.33. The van der Waals surface area contributed by atoms with Crippen LogP contribution in [0.2, 0.25) is 0 Å². The second kappa shape index (κ2) is 7.87. The van der Waals surface area contributed by atoms with Crippen LogP contribution in [-0.4, -0.2) is 37.9 Å². The van der Waals surface area contributed by atoms with Gasteiger partial charge in [0.25, 0.3) is 0 Å². The number of carbonyl (C=O) groups is 1. The van der Waals surface area contributed by atoms with E-state index in [2.05, 4.69) is 21.3 Å². The lowest BCUT2D eigenvalue weighted by atomic mass is 10.2. The number of nitrogens with zero attached hydrogens (tertiary/aromatic N) is 4. The SMILES string of the molecule is C=CCn1c(SC(C)C(=O)N(C)Cc2ccccc2)nnc1C1CC1. The third-order valence-corrected chi connectivity index (χ3v) is 5.34. The van der Waals surface area contributed by atoms with E-state index in [4.69, 9.17) is 0 Å². The molecule has 1 atom stereocenters. The predicted octanol–water partition coefficient (Wildman–Crippen LogP) is 3.48. The first kappa shape index (κ1) is 17.7. The van der Waals surface area contributed by atoms with E-state index in [0.717, 1.165) is 16.5 Å². The Morgan fingerprint density at radius 3 is 2.76 bits per heavy atom. The quantitative estimate of drug-likeness (QED) is 0.537. The third-order valence-electron chi connectivity index (χ3n) is 4.27. The Morgan fingerprint density at radius 1 is 1.40 bits per heavy atom. The summed E-state index contributed by atoms with van der Waals surface area (Å²) in [5, 5.41) is 9.25. The molecule has 3 rings (SSSR count). The van der Waals surface area contributed by atoms with Gasteiger partial charge in [0.05, 0.1) is 5.25 Å². The molecule has 0 radical (unpaired) electrons. The van der Waals surface area contributed by atoms with Crippen molar-refractivity contribution in [3.8, 4) is 0 Å². The molecule has 1 heterocycles. The lowest BCUT2D eigenvalue weighted by Gasteiger charge is -2.21. The van der Waals surface area contributed by atoms with Gasteiger partial charge in [-0.1, -0.05) is 48.2 Å². The predicted molar refractivity (Wildman–Crippen MR) is 100 cm³/mol. The molecule has 0 bridgehead atoms. The van der Waals surface area contributed by atoms with Gasteiger partial charge in [0.2, 0.25) is 5.91 Å². The van der Waals surface area contributed by atoms with Crippen LogP contribution in [0.4, 0.5) is 0 Å². The van der Waals surface area contributed by atoms with E-state index in [1.165, 1.54) is 24.6 Å². The van der Waals surface area contributed by atoms with Crippen molar-refractivity contribution in [2.75, 3.05) is 7.05 Å². The van der Waals surface area contributed by atoms with Gasteiger partial charge in [-0.2, -0.15) is 0 Å². The van der Waals surface area contributed by atoms with Crippen molar-refractivity contribution in [2.45, 2.75) is 49.2 Å². The normalized spacial score (nSPS) is 15.0. The minimum absolute atomic E-state index is 0.0926. The maximum absolute atomic E-state index is 12.7. The monoisotopic (exact) mass is 356 g/mol. The van der Waals surface area contributed by atoms with Crippen molar-refractivity contribution >= 4 is 17.7 Å². The zero-order valence-electron chi connectivity index (χ0n) is 14.8. The number of rotatable bonds is 8. The summed E-state index contributed by atoms with van der Waals surface area (Å²) < 4.78 is 2.09. The molecule has 6 heteroatoms. The fourth-order valence-electron chi connectivity index (χ4n) is 2.79. The second-order valence-corrected chi connectivity index (χ2v) is 7.76. The average Bonchev–Trinajstić information content (AvgIpc) is 3.39. The number of allylic oxidation sites excluding steroid dienone is 1. The molecule has 1 unspecified atom stereocenters. The zero-order valence-corrected chi connectivity index (χ0v) is 15.6. The van der Waals surface area contributed by atoms with Crippen LogP contribution >= 0.6 is 11.8 Å². The Balaban J connectivity index is 1.66. The number of aromatic nitrogens is 3. The molecule has 5 nitrogen and oxygen atoms in total. The fraction of sp³-hybridized carbons (Fsp3) is 0.421. The molecule has 132 valence electrons. The molecule has 1 saturated carbocycles. The first-order valence-electron chi connectivity index (χ1n) is 8.59. The van der Waals surface area contributed by atoms with Gasteiger partial charge >= 0.3 is 0 Å². The van der Waals surface area contributed by atoms with Gasteiger partial charge in [-0.25, -0.2) is 0 Å². The maximum Gasteiger partial charge on any atom is 0.235 e. The number of hydrogen-bond donors (Lipinski definition) is 0. The third kappa shape index (κ3) is 4.31. The molecule has 25 heavy (non-hydrogen) atoms. The van der Waals surface area contributed by atoms with Gasteiger partial charge in [0.1, 0.15) is 5.82 Å². The van der Waals surface area contributed by atoms with Gasteiger partial charge in [-0.15, -0.1) is 16.8 Å². The number of thioether (sulfide) groups is 1. The van der Waals surface area contributed by atoms with E-state index in [9.17, 15) is 4.79 Å². The molecule has 1 aliphatic carbocycles. The number of benzene rings is 1. The van der Waals surface area contributed by atoms with E-state index < -0.39 is 0 Å². The van der Waals surface area contributed by atoms with Crippen LogP contribution in [0.15, 0.2) is 48.1 Å². The van der Waals surface area contributed by atoms with E-state index in [1.807, 2.05) is 50.4 Å². The van der Waals surface area contributed by atoms with Gasteiger partial charge in [-0.05, 0) is 25.3 Å². The molecule has 1 aromatic carbocycles. The van der Waals surface area contributed by atoms with Crippen LogP contribution in [0.1, 0.15) is 37.1 Å². The minimum Gasteiger partial charge on any atom is -0.340 e. The topological polar surface area (TPSA) is 51.0 Å². The first-order valence-corrected chi connectivity index (χ1v) is 9.47. The summed E-state index contributed by atoms with van der Waals surface area (Å²) in [5.74, 6) is 1.64. The molecule has 1 fully saturated rings. The highest BCUT2D eigenvalue weighted by Crippen LogP contribution is 2.40. The highest BCUT2D eigenvalue weighted by atomic mass is 32.2. The molecule has 0 aliphatic heterocycles. The minimum atomic E-state index is -0.214. The highest BCUT2D eigenvalue weighted by Gasteiger charge is 2.31. The number of carbonyl (C=O) groups excluding carboxylic acids is 1. The van der Waals surface area contributed by atoms with E-state index >= 15 is 0 Å². The summed E-state index contributed by atoms with van der Waals surface area (Å²) in [7, 11) is 1.84. The zero-order chi connectivity index (χ0) is 17.8. The van der Waals surface area contributed by atoms with Gasteiger partial charge < -0.3 is 9.47 Å². The van der Waals surface area contributed by atoms with Crippen molar-refractivity contribution in [3.05, 3.63) is 54.4 Å². The van der Waals surface area contributed by atoms with Crippen molar-refractivity contribution in [3.63, 3.8) is 0 Å². The van der Waals surface area contributed by atoms with Crippen molar-refractivity contribution < 1.29 is 4.79 Å². The molecule has 1 amide bonds. The molecule has 0 saturated heterocycles. The first-order chi connectivity index (χ1) is 12.1. The number of amides is 1. The Bertz CT molecular complexity index is 739. The highest BCUT2D eigenvalue weighted by molar-refractivity contribution is 8.00. The second-order valence-electron chi connectivity index (χ2n) is 6.45. The average molecular weight is 356 g/mol. The van der Waals surface area contributed by atoms with Gasteiger partial charge in [-0.3, -0.25) is 4.79 Å². The summed E-state index contributed by atoms with van der Waals surface area (Å²) in [6.07, 6.45) is 4.20. The van der Waals surface area contributed by atoms with Gasteiger partial charge in [0.15, 0.2) is 5.16 Å². The van der Waals surface area contributed by atoms with Crippen molar-refractivity contribution in [1.29, 1.82) is 0 Å².